The van der Waals surface area contributed by atoms with Gasteiger partial charge in [-0.15, -0.1) is 0 Å². The first kappa shape index (κ1) is 50.1. The summed E-state index contributed by atoms with van der Waals surface area (Å²) in [5, 5.41) is 1.57. The predicted molar refractivity (Wildman–Crippen MR) is 283 cm³/mol. The number of hydrogen-bond acceptors (Lipinski definition) is 10. The highest BCUT2D eigenvalue weighted by Crippen LogP contribution is 2.58. The molecule has 13 heteroatoms. The van der Waals surface area contributed by atoms with Crippen LogP contribution >= 0.6 is 16.8 Å². The molecular weight excluding hydrogens is 921 g/mol. The number of fused-ring (bicyclic) bond motifs is 4. The molecule has 0 spiro atoms. The SMILES string of the molecule is COc1cc(-c2cc(OC)cc(C(C)(C)C)c2Op2oc3c(C(C)(C)C)cc(OC)cc3c3cc(OC)cc(C(C)(C)C)c3o2)c(OP2Oc3ccccc3C(=O)N2c2ccccc2)c(C(C)(C)C)c1. The second kappa shape index (κ2) is 18.8. The van der Waals surface area contributed by atoms with Gasteiger partial charge in [0.1, 0.15) is 51.4 Å². The predicted octanol–water partition coefficient (Wildman–Crippen LogP) is 16.4. The van der Waals surface area contributed by atoms with Crippen LogP contribution in [0, 0.1) is 0 Å². The summed E-state index contributed by atoms with van der Waals surface area (Å²) in [4.78, 5) is 14.6. The van der Waals surface area contributed by atoms with Crippen molar-refractivity contribution < 1.29 is 45.7 Å². The standard InChI is InChI=1S/C57H65NO10P2/c1-54(2,3)44-30-35(60-13)26-40(49(44)65-69-58(34-22-18-17-19-23-34)53(59)39-24-20-21-25-48(39)64-69)41-27-36(61-14)31-45(55(4,5)6)50(41)66-70-67-51-42(28-37(62-15)32-46(51)56(7,8)9)43-29-38(63-16)33-47(52(43)68-70)57(10,11)12/h17-33H,1-16H3. The minimum atomic E-state index is -2.29. The second-order valence-corrected chi connectivity index (χ2v) is 23.8. The first-order valence-corrected chi connectivity index (χ1v) is 25.6. The molecule has 1 amide bonds. The van der Waals surface area contributed by atoms with E-state index in [9.17, 15) is 4.79 Å². The van der Waals surface area contributed by atoms with Crippen molar-refractivity contribution in [2.75, 3.05) is 33.1 Å². The highest BCUT2D eigenvalue weighted by atomic mass is 31.2. The van der Waals surface area contributed by atoms with Crippen LogP contribution in [0.3, 0.4) is 0 Å². The van der Waals surface area contributed by atoms with Gasteiger partial charge in [0, 0.05) is 44.2 Å². The molecule has 0 aliphatic carbocycles. The number of benzene rings is 6. The van der Waals surface area contributed by atoms with Gasteiger partial charge in [0.2, 0.25) is 0 Å². The Morgan fingerprint density at radius 2 is 0.857 bits per heavy atom. The first-order chi connectivity index (χ1) is 32.9. The van der Waals surface area contributed by atoms with Gasteiger partial charge in [-0.1, -0.05) is 113 Å². The summed E-state index contributed by atoms with van der Waals surface area (Å²) in [7, 11) is 2.18. The number of amides is 1. The van der Waals surface area contributed by atoms with E-state index in [1.54, 1.807) is 45.2 Å². The van der Waals surface area contributed by atoms with Gasteiger partial charge in [0.05, 0.1) is 39.7 Å². The Hall–Kier alpha value is -6.28. The van der Waals surface area contributed by atoms with Crippen LogP contribution in [0.5, 0.6) is 40.2 Å². The van der Waals surface area contributed by atoms with Crippen molar-refractivity contribution >= 4 is 50.3 Å². The molecular formula is C57H65NO10P2. The van der Waals surface area contributed by atoms with Gasteiger partial charge in [0.15, 0.2) is 0 Å². The van der Waals surface area contributed by atoms with Gasteiger partial charge in [-0.3, -0.25) is 4.79 Å². The average molecular weight is 986 g/mol. The van der Waals surface area contributed by atoms with Crippen LogP contribution in [0.1, 0.15) is 116 Å². The smallest absolute Gasteiger partial charge is 0.453 e. The number of hydrogen-bond donors (Lipinski definition) is 0. The van der Waals surface area contributed by atoms with Crippen molar-refractivity contribution in [3.8, 4) is 51.4 Å². The molecule has 7 aromatic rings. The third kappa shape index (κ3) is 9.76. The molecule has 1 aliphatic heterocycles. The molecule has 1 atom stereocenters. The van der Waals surface area contributed by atoms with Gasteiger partial charge in [0.25, 0.3) is 5.91 Å². The lowest BCUT2D eigenvalue weighted by molar-refractivity contribution is 0.0995. The summed E-state index contributed by atoms with van der Waals surface area (Å²) in [5.74, 6) is 3.68. The second-order valence-electron chi connectivity index (χ2n) is 21.6. The maximum Gasteiger partial charge on any atom is 0.453 e. The number of ether oxygens (including phenoxy) is 4. The van der Waals surface area contributed by atoms with Gasteiger partial charge >= 0.3 is 16.8 Å². The summed E-state index contributed by atoms with van der Waals surface area (Å²) in [6.45, 7) is 25.6. The van der Waals surface area contributed by atoms with E-state index in [1.165, 1.54) is 0 Å². The number of para-hydroxylation sites is 2. The zero-order valence-electron chi connectivity index (χ0n) is 43.2. The van der Waals surface area contributed by atoms with Crippen LogP contribution in [0.4, 0.5) is 5.69 Å². The Bertz CT molecular complexity index is 3070. The fourth-order valence-electron chi connectivity index (χ4n) is 8.54. The number of rotatable bonds is 10. The minimum absolute atomic E-state index is 0.238. The molecule has 1 unspecified atom stereocenters. The zero-order valence-corrected chi connectivity index (χ0v) is 45.0. The molecule has 0 N–H and O–H groups in total. The summed E-state index contributed by atoms with van der Waals surface area (Å²) >= 11 is 0. The lowest BCUT2D eigenvalue weighted by Gasteiger charge is -2.35. The number of nitrogens with zero attached hydrogens (tertiary/aromatic N) is 1. The fraction of sp³-hybridized carbons (Fsp3) is 0.351. The van der Waals surface area contributed by atoms with Crippen LogP contribution in [0.15, 0.2) is 112 Å². The molecule has 8 rings (SSSR count). The van der Waals surface area contributed by atoms with Crippen molar-refractivity contribution in [2.45, 2.75) is 105 Å². The molecule has 1 aliphatic rings. The molecule has 0 saturated heterocycles. The number of methoxy groups -OCH3 is 4. The zero-order chi connectivity index (χ0) is 50.7. The van der Waals surface area contributed by atoms with Crippen molar-refractivity contribution in [1.82, 2.24) is 0 Å². The van der Waals surface area contributed by atoms with Gasteiger partial charge < -0.3 is 40.9 Å². The van der Waals surface area contributed by atoms with E-state index in [2.05, 4.69) is 83.1 Å². The van der Waals surface area contributed by atoms with Crippen molar-refractivity contribution in [2.24, 2.45) is 0 Å². The van der Waals surface area contributed by atoms with Crippen LogP contribution in [0.25, 0.3) is 33.1 Å². The third-order valence-corrected chi connectivity index (χ3v) is 14.7. The average Bonchev–Trinajstić information content (AvgIpc) is 3.46. The number of carbonyl (C=O) groups is 1. The Morgan fingerprint density at radius 1 is 0.457 bits per heavy atom. The normalized spacial score (nSPS) is 14.3. The maximum absolute atomic E-state index is 14.6. The Labute approximate surface area is 414 Å². The fourth-order valence-corrected chi connectivity index (χ4v) is 11.1. The van der Waals surface area contributed by atoms with Crippen molar-refractivity contribution in [1.29, 1.82) is 0 Å². The van der Waals surface area contributed by atoms with Crippen LogP contribution in [-0.4, -0.2) is 34.3 Å². The molecule has 368 valence electrons. The van der Waals surface area contributed by atoms with Gasteiger partial charge in [-0.05, 0) is 94.5 Å². The van der Waals surface area contributed by atoms with E-state index in [0.29, 0.717) is 73.8 Å². The molecule has 0 saturated carbocycles. The molecule has 11 nitrogen and oxygen atoms in total. The molecule has 2 heterocycles. The Morgan fingerprint density at radius 3 is 1.30 bits per heavy atom. The summed E-state index contributed by atoms with van der Waals surface area (Å²) < 4.78 is 61.7. The number of anilines is 1. The van der Waals surface area contributed by atoms with E-state index in [-0.39, 0.29) is 5.91 Å². The van der Waals surface area contributed by atoms with Crippen LogP contribution in [0.2, 0.25) is 0 Å². The molecule has 0 radical (unpaired) electrons. The van der Waals surface area contributed by atoms with E-state index >= 15 is 0 Å². The quantitative estimate of drug-likeness (QED) is 0.123. The van der Waals surface area contributed by atoms with E-state index in [4.69, 9.17) is 40.9 Å². The van der Waals surface area contributed by atoms with Gasteiger partial charge in [-0.2, -0.15) is 0 Å². The molecule has 6 aromatic carbocycles. The molecule has 1 aromatic heterocycles. The molecule has 0 bridgehead atoms. The van der Waals surface area contributed by atoms with Crippen LogP contribution < -0.4 is 37.2 Å². The monoisotopic (exact) mass is 985 g/mol. The first-order valence-electron chi connectivity index (χ1n) is 23.3. The summed E-state index contributed by atoms with van der Waals surface area (Å²) in [5.41, 5.74) is 5.13. The minimum Gasteiger partial charge on any atom is -0.497 e. The Balaban J connectivity index is 1.48. The lowest BCUT2D eigenvalue weighted by Crippen LogP contribution is -2.33. The summed E-state index contributed by atoms with van der Waals surface area (Å²) in [6, 6.07) is 32.6. The highest BCUT2D eigenvalue weighted by Gasteiger charge is 2.41. The van der Waals surface area contributed by atoms with Gasteiger partial charge in [-0.25, -0.2) is 4.67 Å². The Kier molecular flexibility index (Phi) is 13.5. The van der Waals surface area contributed by atoms with E-state index in [0.717, 1.165) is 33.0 Å². The largest absolute Gasteiger partial charge is 0.497 e. The molecule has 0 fully saturated rings. The third-order valence-electron chi connectivity index (χ3n) is 12.3. The summed E-state index contributed by atoms with van der Waals surface area (Å²) in [6.07, 6.45) is 0. The number of carbonyl (C=O) groups excluding carboxylic acids is 1. The molecule has 70 heavy (non-hydrogen) atoms. The van der Waals surface area contributed by atoms with Crippen molar-refractivity contribution in [3.05, 3.63) is 131 Å². The van der Waals surface area contributed by atoms with Crippen LogP contribution in [-0.2, 0) is 21.7 Å². The lowest BCUT2D eigenvalue weighted by atomic mass is 9.81. The maximum atomic E-state index is 14.6. The topological polar surface area (TPSA) is 111 Å². The van der Waals surface area contributed by atoms with E-state index in [1.807, 2.05) is 91.0 Å². The van der Waals surface area contributed by atoms with Crippen molar-refractivity contribution in [3.63, 3.8) is 0 Å². The highest BCUT2D eigenvalue weighted by molar-refractivity contribution is 7.51. The van der Waals surface area contributed by atoms with E-state index < -0.39 is 38.4 Å².